The minimum absolute atomic E-state index is 0.0411. The summed E-state index contributed by atoms with van der Waals surface area (Å²) in [6, 6.07) is 3.90. The zero-order chi connectivity index (χ0) is 15.9. The molecule has 2 atom stereocenters. The third-order valence-electron chi connectivity index (χ3n) is 4.39. The van der Waals surface area contributed by atoms with Crippen LogP contribution < -0.4 is 10.9 Å². The van der Waals surface area contributed by atoms with Gasteiger partial charge in [-0.15, -0.1) is 0 Å². The predicted molar refractivity (Wildman–Crippen MR) is 84.2 cm³/mol. The molecule has 0 radical (unpaired) electrons. The second-order valence-electron chi connectivity index (χ2n) is 5.89. The van der Waals surface area contributed by atoms with E-state index in [9.17, 15) is 9.59 Å². The summed E-state index contributed by atoms with van der Waals surface area (Å²) in [4.78, 5) is 31.3. The highest BCUT2D eigenvalue weighted by molar-refractivity contribution is 5.94. The molecule has 6 nitrogen and oxygen atoms in total. The normalized spacial score (nSPS) is 22.0. The summed E-state index contributed by atoms with van der Waals surface area (Å²) < 4.78 is 1.43. The van der Waals surface area contributed by atoms with Gasteiger partial charge in [0, 0.05) is 37.6 Å². The van der Waals surface area contributed by atoms with E-state index in [-0.39, 0.29) is 29.1 Å². The van der Waals surface area contributed by atoms with Gasteiger partial charge < -0.3 is 10.2 Å². The van der Waals surface area contributed by atoms with Gasteiger partial charge in [0.15, 0.2) is 0 Å². The van der Waals surface area contributed by atoms with Crippen molar-refractivity contribution in [1.29, 1.82) is 0 Å². The van der Waals surface area contributed by atoms with Gasteiger partial charge in [-0.2, -0.15) is 0 Å². The second-order valence-corrected chi connectivity index (χ2v) is 5.89. The molecule has 0 aliphatic carbocycles. The first-order chi connectivity index (χ1) is 10.5. The second kappa shape index (κ2) is 5.53. The molecule has 1 fully saturated rings. The number of aryl methyl sites for hydroxylation is 1. The standard InChI is InChI=1S/C16H20N4O2/c1-10-4-6-20-14(8-10)18-9-13(16(20)22)15(21)19-7-5-17-11(2)12(19)3/h4,6,8-9,11-12,17H,5,7H2,1-3H3. The van der Waals surface area contributed by atoms with Crippen LogP contribution in [0.15, 0.2) is 29.3 Å². The van der Waals surface area contributed by atoms with Gasteiger partial charge in [-0.1, -0.05) is 0 Å². The van der Waals surface area contributed by atoms with Crippen LogP contribution in [0.2, 0.25) is 0 Å². The fourth-order valence-electron chi connectivity index (χ4n) is 2.82. The lowest BCUT2D eigenvalue weighted by atomic mass is 10.1. The molecule has 6 heteroatoms. The van der Waals surface area contributed by atoms with Crippen LogP contribution in [0.4, 0.5) is 0 Å². The van der Waals surface area contributed by atoms with Crippen molar-refractivity contribution in [2.24, 2.45) is 0 Å². The van der Waals surface area contributed by atoms with Crippen molar-refractivity contribution in [3.63, 3.8) is 0 Å². The van der Waals surface area contributed by atoms with Crippen molar-refractivity contribution in [2.75, 3.05) is 13.1 Å². The van der Waals surface area contributed by atoms with E-state index in [0.717, 1.165) is 12.1 Å². The highest BCUT2D eigenvalue weighted by Gasteiger charge is 2.30. The molecular weight excluding hydrogens is 280 g/mol. The lowest BCUT2D eigenvalue weighted by Crippen LogP contribution is -2.57. The summed E-state index contributed by atoms with van der Waals surface area (Å²) in [7, 11) is 0. The molecule has 22 heavy (non-hydrogen) atoms. The molecular formula is C16H20N4O2. The van der Waals surface area contributed by atoms with E-state index >= 15 is 0 Å². The van der Waals surface area contributed by atoms with Gasteiger partial charge in [-0.05, 0) is 38.5 Å². The molecule has 2 aromatic heterocycles. The smallest absolute Gasteiger partial charge is 0.270 e. The number of rotatable bonds is 1. The number of fused-ring (bicyclic) bond motifs is 1. The largest absolute Gasteiger partial charge is 0.333 e. The van der Waals surface area contributed by atoms with Crippen LogP contribution in [0.3, 0.4) is 0 Å². The third-order valence-corrected chi connectivity index (χ3v) is 4.39. The average molecular weight is 300 g/mol. The van der Waals surface area contributed by atoms with Crippen LogP contribution in [-0.2, 0) is 0 Å². The molecule has 1 aliphatic rings. The Kier molecular flexibility index (Phi) is 3.70. The van der Waals surface area contributed by atoms with Crippen molar-refractivity contribution >= 4 is 11.6 Å². The molecule has 2 unspecified atom stereocenters. The van der Waals surface area contributed by atoms with Crippen LogP contribution in [0.5, 0.6) is 0 Å². The summed E-state index contributed by atoms with van der Waals surface area (Å²) in [5, 5.41) is 3.33. The van der Waals surface area contributed by atoms with E-state index in [2.05, 4.69) is 10.3 Å². The first-order valence-electron chi connectivity index (χ1n) is 7.51. The van der Waals surface area contributed by atoms with E-state index in [4.69, 9.17) is 0 Å². The zero-order valence-electron chi connectivity index (χ0n) is 13.0. The number of pyridine rings is 1. The molecule has 0 spiro atoms. The monoisotopic (exact) mass is 300 g/mol. The number of hydrogen-bond acceptors (Lipinski definition) is 4. The highest BCUT2D eigenvalue weighted by atomic mass is 16.2. The average Bonchev–Trinajstić information content (AvgIpc) is 2.49. The van der Waals surface area contributed by atoms with Gasteiger partial charge in [0.05, 0.1) is 0 Å². The molecule has 0 aromatic carbocycles. The van der Waals surface area contributed by atoms with Crippen LogP contribution in [0, 0.1) is 6.92 Å². The summed E-state index contributed by atoms with van der Waals surface area (Å²) in [6.45, 7) is 7.30. The van der Waals surface area contributed by atoms with E-state index in [0.29, 0.717) is 12.2 Å². The SMILES string of the molecule is Cc1ccn2c(=O)c(C(=O)N3CCNC(C)C3C)cnc2c1. The summed E-state index contributed by atoms with van der Waals surface area (Å²) in [5.74, 6) is -0.242. The fraction of sp³-hybridized carbons (Fsp3) is 0.438. The Balaban J connectivity index is 2.03. The highest BCUT2D eigenvalue weighted by Crippen LogP contribution is 2.12. The Labute approximate surface area is 128 Å². The Morgan fingerprint density at radius 3 is 2.95 bits per heavy atom. The number of carbonyl (C=O) groups is 1. The Bertz CT molecular complexity index is 783. The number of nitrogens with zero attached hydrogens (tertiary/aromatic N) is 3. The molecule has 3 heterocycles. The number of piperazine rings is 1. The predicted octanol–water partition coefficient (Wildman–Crippen LogP) is 0.825. The first-order valence-corrected chi connectivity index (χ1v) is 7.51. The maximum Gasteiger partial charge on any atom is 0.270 e. The van der Waals surface area contributed by atoms with Crippen molar-refractivity contribution in [3.8, 4) is 0 Å². The molecule has 0 saturated carbocycles. The number of carbonyl (C=O) groups excluding carboxylic acids is 1. The molecule has 2 aromatic rings. The molecule has 0 bridgehead atoms. The quantitative estimate of drug-likeness (QED) is 0.847. The minimum atomic E-state index is -0.312. The van der Waals surface area contributed by atoms with Crippen LogP contribution >= 0.6 is 0 Å². The molecule has 1 amide bonds. The van der Waals surface area contributed by atoms with Gasteiger partial charge in [-0.3, -0.25) is 14.0 Å². The lowest BCUT2D eigenvalue weighted by Gasteiger charge is -2.38. The Hall–Kier alpha value is -2.21. The first kappa shape index (κ1) is 14.7. The summed E-state index contributed by atoms with van der Waals surface area (Å²) in [5.41, 5.74) is 1.40. The fourth-order valence-corrected chi connectivity index (χ4v) is 2.82. The number of amides is 1. The van der Waals surface area contributed by atoms with Gasteiger partial charge in [-0.25, -0.2) is 4.98 Å². The topological polar surface area (TPSA) is 66.7 Å². The molecule has 1 saturated heterocycles. The minimum Gasteiger partial charge on any atom is -0.333 e. The van der Waals surface area contributed by atoms with Crippen molar-refractivity contribution in [3.05, 3.63) is 46.0 Å². The van der Waals surface area contributed by atoms with E-state index in [1.165, 1.54) is 10.6 Å². The van der Waals surface area contributed by atoms with Crippen molar-refractivity contribution in [2.45, 2.75) is 32.9 Å². The van der Waals surface area contributed by atoms with Crippen LogP contribution in [0.1, 0.15) is 29.8 Å². The number of hydrogen-bond donors (Lipinski definition) is 1. The third kappa shape index (κ3) is 2.39. The van der Waals surface area contributed by atoms with Crippen molar-refractivity contribution in [1.82, 2.24) is 19.6 Å². The van der Waals surface area contributed by atoms with Gasteiger partial charge in [0.2, 0.25) is 0 Å². The van der Waals surface area contributed by atoms with Crippen molar-refractivity contribution < 1.29 is 4.79 Å². The number of aromatic nitrogens is 2. The zero-order valence-corrected chi connectivity index (χ0v) is 13.0. The van der Waals surface area contributed by atoms with Gasteiger partial charge in [0.25, 0.3) is 11.5 Å². The Morgan fingerprint density at radius 1 is 1.41 bits per heavy atom. The van der Waals surface area contributed by atoms with E-state index < -0.39 is 0 Å². The van der Waals surface area contributed by atoms with Gasteiger partial charge in [0.1, 0.15) is 11.2 Å². The maximum atomic E-state index is 12.7. The maximum absolute atomic E-state index is 12.7. The van der Waals surface area contributed by atoms with E-state index in [1.807, 2.05) is 32.9 Å². The van der Waals surface area contributed by atoms with E-state index in [1.54, 1.807) is 11.1 Å². The number of nitrogens with one attached hydrogen (secondary N) is 1. The lowest BCUT2D eigenvalue weighted by molar-refractivity contribution is 0.0600. The molecule has 1 N–H and O–H groups in total. The summed E-state index contributed by atoms with van der Waals surface area (Å²) >= 11 is 0. The molecule has 1 aliphatic heterocycles. The van der Waals surface area contributed by atoms with Crippen LogP contribution in [0.25, 0.3) is 5.65 Å². The van der Waals surface area contributed by atoms with Crippen LogP contribution in [-0.4, -0.2) is 45.4 Å². The molecule has 3 rings (SSSR count). The summed E-state index contributed by atoms with van der Waals surface area (Å²) in [6.07, 6.45) is 3.07. The van der Waals surface area contributed by atoms with Gasteiger partial charge >= 0.3 is 0 Å². The molecule has 116 valence electrons. The Morgan fingerprint density at radius 2 is 2.18 bits per heavy atom.